The van der Waals surface area contributed by atoms with Crippen LogP contribution in [-0.4, -0.2) is 53.7 Å². The maximum absolute atomic E-state index is 13.5. The van der Waals surface area contributed by atoms with Gasteiger partial charge in [-0.3, -0.25) is 9.59 Å². The largest absolute Gasteiger partial charge is 0.481 e. The number of carbonyl (C=O) groups is 3. The fraction of sp³-hybridized carbons (Fsp3) is 0.464. The molecule has 1 spiro atoms. The second-order valence-electron chi connectivity index (χ2n) is 11.2. The van der Waals surface area contributed by atoms with Crippen molar-refractivity contribution in [2.24, 2.45) is 16.7 Å². The first-order valence-corrected chi connectivity index (χ1v) is 12.2. The minimum absolute atomic E-state index is 0.0680. The van der Waals surface area contributed by atoms with Gasteiger partial charge >= 0.3 is 12.1 Å². The van der Waals surface area contributed by atoms with Crippen LogP contribution in [0.1, 0.15) is 50.7 Å². The molecule has 2 N–H and O–H groups in total. The number of alkyl carbamates (subject to hydrolysis) is 1. The number of ether oxygens (including phenoxy) is 1. The summed E-state index contributed by atoms with van der Waals surface area (Å²) in [4.78, 5) is 39.7. The standard InChI is InChI=1S/C28H32N2O5/c1-27(2,3)23(24(31)30-14-22(25(32)33)28(16-30)12-13-28)29-26(34)35-15-21-19-10-6-4-8-17(19)18-9-5-7-11-20(18)21/h4-11,21-23H,12-16H2,1-3H3,(H,29,34)(H,32,33)/t22?,23-/m1/s1. The van der Waals surface area contributed by atoms with Crippen LogP contribution in [0.4, 0.5) is 4.79 Å². The van der Waals surface area contributed by atoms with Gasteiger partial charge in [-0.05, 0) is 40.5 Å². The molecular weight excluding hydrogens is 444 g/mol. The normalized spacial score (nSPS) is 20.8. The van der Waals surface area contributed by atoms with E-state index in [9.17, 15) is 19.5 Å². The number of carboxylic acid groups (broad SMARTS) is 1. The van der Waals surface area contributed by atoms with Crippen molar-refractivity contribution >= 4 is 18.0 Å². The molecule has 0 bridgehead atoms. The molecule has 2 aromatic carbocycles. The molecule has 0 aromatic heterocycles. The van der Waals surface area contributed by atoms with Crippen LogP contribution in [0.5, 0.6) is 0 Å². The highest BCUT2D eigenvalue weighted by atomic mass is 16.5. The number of nitrogens with one attached hydrogen (secondary N) is 1. The third-order valence-electron chi connectivity index (χ3n) is 7.87. The fourth-order valence-corrected chi connectivity index (χ4v) is 5.73. The number of benzene rings is 2. The van der Waals surface area contributed by atoms with E-state index in [4.69, 9.17) is 4.74 Å². The third kappa shape index (κ3) is 4.17. The van der Waals surface area contributed by atoms with Crippen molar-refractivity contribution in [1.82, 2.24) is 10.2 Å². The van der Waals surface area contributed by atoms with E-state index in [0.29, 0.717) is 6.54 Å². The van der Waals surface area contributed by atoms with Crippen molar-refractivity contribution in [3.05, 3.63) is 59.7 Å². The van der Waals surface area contributed by atoms with E-state index in [0.717, 1.165) is 35.1 Å². The van der Waals surface area contributed by atoms with Crippen LogP contribution in [0.3, 0.4) is 0 Å². The second-order valence-corrected chi connectivity index (χ2v) is 11.2. The summed E-state index contributed by atoms with van der Waals surface area (Å²) in [6.07, 6.45) is 1.01. The van der Waals surface area contributed by atoms with E-state index in [1.54, 1.807) is 4.90 Å². The number of aliphatic carboxylic acids is 1. The van der Waals surface area contributed by atoms with Gasteiger partial charge in [0, 0.05) is 24.4 Å². The van der Waals surface area contributed by atoms with Gasteiger partial charge in [0.25, 0.3) is 0 Å². The van der Waals surface area contributed by atoms with E-state index in [1.807, 2.05) is 45.0 Å². The summed E-state index contributed by atoms with van der Waals surface area (Å²) in [5.74, 6) is -1.71. The molecule has 184 valence electrons. The van der Waals surface area contributed by atoms with Crippen molar-refractivity contribution in [1.29, 1.82) is 0 Å². The lowest BCUT2D eigenvalue weighted by Crippen LogP contribution is -2.54. The van der Waals surface area contributed by atoms with E-state index in [2.05, 4.69) is 29.6 Å². The Bertz CT molecular complexity index is 1130. The van der Waals surface area contributed by atoms with Crippen molar-refractivity contribution in [2.45, 2.75) is 45.6 Å². The minimum Gasteiger partial charge on any atom is -0.481 e. The zero-order valence-corrected chi connectivity index (χ0v) is 20.4. The van der Waals surface area contributed by atoms with Gasteiger partial charge in [-0.15, -0.1) is 0 Å². The van der Waals surface area contributed by atoms with Crippen molar-refractivity contribution < 1.29 is 24.2 Å². The van der Waals surface area contributed by atoms with Crippen LogP contribution >= 0.6 is 0 Å². The lowest BCUT2D eigenvalue weighted by molar-refractivity contribution is -0.143. The van der Waals surface area contributed by atoms with E-state index < -0.39 is 29.4 Å². The summed E-state index contributed by atoms with van der Waals surface area (Å²) in [5, 5.41) is 12.4. The summed E-state index contributed by atoms with van der Waals surface area (Å²) in [7, 11) is 0. The quantitative estimate of drug-likeness (QED) is 0.672. The van der Waals surface area contributed by atoms with Crippen LogP contribution in [0.2, 0.25) is 0 Å². The Hall–Kier alpha value is -3.35. The summed E-state index contributed by atoms with van der Waals surface area (Å²) >= 11 is 0. The summed E-state index contributed by atoms with van der Waals surface area (Å²) < 4.78 is 5.68. The molecule has 7 nitrogen and oxygen atoms in total. The van der Waals surface area contributed by atoms with Crippen LogP contribution in [0, 0.1) is 16.7 Å². The van der Waals surface area contributed by atoms with Crippen LogP contribution in [-0.2, 0) is 14.3 Å². The van der Waals surface area contributed by atoms with E-state index >= 15 is 0 Å². The van der Waals surface area contributed by atoms with Crippen molar-refractivity contribution in [2.75, 3.05) is 19.7 Å². The third-order valence-corrected chi connectivity index (χ3v) is 7.87. The van der Waals surface area contributed by atoms with Gasteiger partial charge in [0.05, 0.1) is 5.92 Å². The zero-order chi connectivity index (χ0) is 25.0. The number of carboxylic acids is 1. The number of nitrogens with zero attached hydrogens (tertiary/aromatic N) is 1. The number of likely N-dealkylation sites (tertiary alicyclic amines) is 1. The van der Waals surface area contributed by atoms with Gasteiger partial charge in [-0.1, -0.05) is 69.3 Å². The predicted octanol–water partition coefficient (Wildman–Crippen LogP) is 4.26. The monoisotopic (exact) mass is 476 g/mol. The molecule has 1 unspecified atom stereocenters. The summed E-state index contributed by atoms with van der Waals surface area (Å²) in [6, 6.07) is 15.4. The van der Waals surface area contributed by atoms with E-state index in [1.165, 1.54) is 0 Å². The lowest BCUT2D eigenvalue weighted by Gasteiger charge is -2.33. The van der Waals surface area contributed by atoms with Crippen LogP contribution < -0.4 is 5.32 Å². The first kappa shape index (κ1) is 23.4. The fourth-order valence-electron chi connectivity index (χ4n) is 5.73. The number of amides is 2. The summed E-state index contributed by atoms with van der Waals surface area (Å²) in [5.41, 5.74) is 3.67. The molecule has 5 rings (SSSR count). The lowest BCUT2D eigenvalue weighted by atomic mass is 9.86. The zero-order valence-electron chi connectivity index (χ0n) is 20.4. The number of fused-ring (bicyclic) bond motifs is 3. The van der Waals surface area contributed by atoms with Crippen molar-refractivity contribution in [3.63, 3.8) is 0 Å². The highest BCUT2D eigenvalue weighted by molar-refractivity contribution is 5.88. The van der Waals surface area contributed by atoms with Gasteiger partial charge < -0.3 is 20.1 Å². The molecule has 3 aliphatic rings. The van der Waals surface area contributed by atoms with Gasteiger partial charge in [0.15, 0.2) is 0 Å². The number of rotatable bonds is 5. The molecule has 1 saturated carbocycles. The minimum atomic E-state index is -0.852. The predicted molar refractivity (Wildman–Crippen MR) is 131 cm³/mol. The average Bonchev–Trinajstić information content (AvgIpc) is 3.36. The summed E-state index contributed by atoms with van der Waals surface area (Å²) in [6.45, 7) is 6.44. The number of hydrogen-bond donors (Lipinski definition) is 2. The SMILES string of the molecule is CC(C)(C)[C@H](NC(=O)OCC1c2ccccc2-c2ccccc21)C(=O)N1CC(C(=O)O)C2(CC2)C1. The van der Waals surface area contributed by atoms with Crippen LogP contribution in [0.25, 0.3) is 11.1 Å². The molecule has 1 saturated heterocycles. The highest BCUT2D eigenvalue weighted by Crippen LogP contribution is 2.56. The maximum atomic E-state index is 13.5. The first-order valence-electron chi connectivity index (χ1n) is 12.2. The van der Waals surface area contributed by atoms with Gasteiger partial charge in [0.1, 0.15) is 12.6 Å². The smallest absolute Gasteiger partial charge is 0.407 e. The van der Waals surface area contributed by atoms with Gasteiger partial charge in [-0.25, -0.2) is 4.79 Å². The van der Waals surface area contributed by atoms with Crippen molar-refractivity contribution in [3.8, 4) is 11.1 Å². The molecule has 0 radical (unpaired) electrons. The number of carbonyl (C=O) groups excluding carboxylic acids is 2. The Morgan fingerprint density at radius 1 is 1.06 bits per heavy atom. The second kappa shape index (κ2) is 8.40. The molecule has 2 fully saturated rings. The molecule has 35 heavy (non-hydrogen) atoms. The Morgan fingerprint density at radius 2 is 1.63 bits per heavy atom. The molecule has 2 aromatic rings. The molecule has 1 heterocycles. The molecule has 2 amide bonds. The first-order chi connectivity index (χ1) is 16.6. The molecule has 7 heteroatoms. The highest BCUT2D eigenvalue weighted by Gasteiger charge is 2.59. The average molecular weight is 477 g/mol. The maximum Gasteiger partial charge on any atom is 0.407 e. The Kier molecular flexibility index (Phi) is 5.61. The Balaban J connectivity index is 1.27. The van der Waals surface area contributed by atoms with Gasteiger partial charge in [0.2, 0.25) is 5.91 Å². The molecule has 2 atom stereocenters. The van der Waals surface area contributed by atoms with E-state index in [-0.39, 0.29) is 30.4 Å². The van der Waals surface area contributed by atoms with Gasteiger partial charge in [-0.2, -0.15) is 0 Å². The molecular formula is C28H32N2O5. The molecule has 2 aliphatic carbocycles. The Morgan fingerprint density at radius 3 is 2.11 bits per heavy atom. The number of hydrogen-bond acceptors (Lipinski definition) is 4. The topological polar surface area (TPSA) is 95.9 Å². The van der Waals surface area contributed by atoms with Crippen LogP contribution in [0.15, 0.2) is 48.5 Å². The Labute approximate surface area is 205 Å². The molecule has 1 aliphatic heterocycles.